The van der Waals surface area contributed by atoms with Crippen molar-refractivity contribution in [2.24, 2.45) is 0 Å². The van der Waals surface area contributed by atoms with Gasteiger partial charge in [0.1, 0.15) is 11.5 Å². The van der Waals surface area contributed by atoms with E-state index in [-0.39, 0.29) is 5.91 Å². The number of amides is 1. The van der Waals surface area contributed by atoms with E-state index >= 15 is 0 Å². The molecule has 1 aromatic rings. The first-order valence-electron chi connectivity index (χ1n) is 7.23. The van der Waals surface area contributed by atoms with E-state index in [9.17, 15) is 4.79 Å². The lowest BCUT2D eigenvalue weighted by molar-refractivity contribution is 0.0607. The summed E-state index contributed by atoms with van der Waals surface area (Å²) >= 11 is 0. The van der Waals surface area contributed by atoms with Crippen molar-refractivity contribution in [3.8, 4) is 11.5 Å². The molecule has 1 aromatic carbocycles. The number of hydrogen-bond donors (Lipinski definition) is 0. The van der Waals surface area contributed by atoms with Crippen molar-refractivity contribution < 1.29 is 14.3 Å². The Balaban J connectivity index is 2.27. The van der Waals surface area contributed by atoms with Crippen molar-refractivity contribution in [2.45, 2.75) is 38.6 Å². The first-order chi connectivity index (χ1) is 9.69. The molecular weight excluding hydrogens is 254 g/mol. The molecule has 1 atom stereocenters. The molecule has 1 saturated heterocycles. The fourth-order valence-corrected chi connectivity index (χ4v) is 2.79. The SMILES string of the molecule is CCC1CCCCN1C(=O)c1cc(OC)cc(OC)c1. The fraction of sp³-hybridized carbons (Fsp3) is 0.562. The number of nitrogens with zero attached hydrogens (tertiary/aromatic N) is 1. The molecule has 4 nitrogen and oxygen atoms in total. The summed E-state index contributed by atoms with van der Waals surface area (Å²) in [4.78, 5) is 14.7. The molecule has 1 unspecified atom stereocenters. The molecule has 0 aliphatic carbocycles. The van der Waals surface area contributed by atoms with E-state index in [0.717, 1.165) is 25.8 Å². The van der Waals surface area contributed by atoms with Gasteiger partial charge in [0.15, 0.2) is 0 Å². The zero-order valence-electron chi connectivity index (χ0n) is 12.5. The molecule has 0 bridgehead atoms. The minimum Gasteiger partial charge on any atom is -0.497 e. The highest BCUT2D eigenvalue weighted by atomic mass is 16.5. The molecule has 0 saturated carbocycles. The second-order valence-corrected chi connectivity index (χ2v) is 5.16. The van der Waals surface area contributed by atoms with Gasteiger partial charge in [-0.2, -0.15) is 0 Å². The van der Waals surface area contributed by atoms with Gasteiger partial charge in [-0.1, -0.05) is 6.92 Å². The second-order valence-electron chi connectivity index (χ2n) is 5.16. The molecule has 1 amide bonds. The highest BCUT2D eigenvalue weighted by Gasteiger charge is 2.26. The summed E-state index contributed by atoms with van der Waals surface area (Å²) in [5, 5.41) is 0. The molecule has 110 valence electrons. The monoisotopic (exact) mass is 277 g/mol. The third-order valence-electron chi connectivity index (χ3n) is 3.96. The lowest BCUT2D eigenvalue weighted by Crippen LogP contribution is -2.43. The first-order valence-corrected chi connectivity index (χ1v) is 7.23. The van der Waals surface area contributed by atoms with Gasteiger partial charge >= 0.3 is 0 Å². The van der Waals surface area contributed by atoms with Crippen molar-refractivity contribution in [1.29, 1.82) is 0 Å². The van der Waals surface area contributed by atoms with E-state index in [4.69, 9.17) is 9.47 Å². The molecule has 0 N–H and O–H groups in total. The normalized spacial score (nSPS) is 18.8. The Morgan fingerprint density at radius 2 is 1.85 bits per heavy atom. The summed E-state index contributed by atoms with van der Waals surface area (Å²) in [5.41, 5.74) is 0.640. The van der Waals surface area contributed by atoms with Crippen LogP contribution < -0.4 is 9.47 Å². The Morgan fingerprint density at radius 3 is 2.40 bits per heavy atom. The molecule has 1 aliphatic rings. The topological polar surface area (TPSA) is 38.8 Å². The van der Waals surface area contributed by atoms with Crippen LogP contribution in [0.2, 0.25) is 0 Å². The zero-order chi connectivity index (χ0) is 14.5. The maximum atomic E-state index is 12.7. The number of hydrogen-bond acceptors (Lipinski definition) is 3. The van der Waals surface area contributed by atoms with Crippen LogP contribution in [0.1, 0.15) is 43.0 Å². The Labute approximate surface area is 120 Å². The van der Waals surface area contributed by atoms with Gasteiger partial charge in [0.25, 0.3) is 5.91 Å². The lowest BCUT2D eigenvalue weighted by atomic mass is 9.99. The first kappa shape index (κ1) is 14.7. The smallest absolute Gasteiger partial charge is 0.254 e. The summed E-state index contributed by atoms with van der Waals surface area (Å²) in [7, 11) is 3.19. The van der Waals surface area contributed by atoms with Gasteiger partial charge in [0.05, 0.1) is 14.2 Å². The van der Waals surface area contributed by atoms with Crippen LogP contribution in [0.25, 0.3) is 0 Å². The second kappa shape index (κ2) is 6.64. The van der Waals surface area contributed by atoms with Crippen LogP contribution in [-0.2, 0) is 0 Å². The average Bonchev–Trinajstić information content (AvgIpc) is 2.53. The minimum absolute atomic E-state index is 0.0775. The molecular formula is C16H23NO3. The van der Waals surface area contributed by atoms with Crippen LogP contribution in [0.15, 0.2) is 18.2 Å². The van der Waals surface area contributed by atoms with Crippen LogP contribution in [0, 0.1) is 0 Å². The Hall–Kier alpha value is -1.71. The number of carbonyl (C=O) groups excluding carboxylic acids is 1. The molecule has 1 aliphatic heterocycles. The predicted molar refractivity (Wildman–Crippen MR) is 78.5 cm³/mol. The Kier molecular flexibility index (Phi) is 4.88. The molecule has 1 fully saturated rings. The average molecular weight is 277 g/mol. The largest absolute Gasteiger partial charge is 0.497 e. The van der Waals surface area contributed by atoms with Gasteiger partial charge in [0.2, 0.25) is 0 Å². The van der Waals surface area contributed by atoms with Crippen LogP contribution in [0.4, 0.5) is 0 Å². The van der Waals surface area contributed by atoms with E-state index < -0.39 is 0 Å². The van der Waals surface area contributed by atoms with E-state index in [1.165, 1.54) is 6.42 Å². The third-order valence-corrected chi connectivity index (χ3v) is 3.96. The van der Waals surface area contributed by atoms with Crippen molar-refractivity contribution in [3.63, 3.8) is 0 Å². The molecule has 0 spiro atoms. The van der Waals surface area contributed by atoms with E-state index in [0.29, 0.717) is 23.1 Å². The summed E-state index contributed by atoms with van der Waals surface area (Å²) in [6.45, 7) is 2.99. The zero-order valence-corrected chi connectivity index (χ0v) is 12.5. The maximum Gasteiger partial charge on any atom is 0.254 e. The van der Waals surface area contributed by atoms with E-state index in [1.807, 2.05) is 4.90 Å². The lowest BCUT2D eigenvalue weighted by Gasteiger charge is -2.35. The van der Waals surface area contributed by atoms with Crippen LogP contribution >= 0.6 is 0 Å². The van der Waals surface area contributed by atoms with Crippen molar-refractivity contribution in [2.75, 3.05) is 20.8 Å². The van der Waals surface area contributed by atoms with Crippen molar-refractivity contribution in [3.05, 3.63) is 23.8 Å². The molecule has 0 aromatic heterocycles. The number of methoxy groups -OCH3 is 2. The van der Waals surface area contributed by atoms with Crippen LogP contribution in [0.5, 0.6) is 11.5 Å². The Bertz CT molecular complexity index is 451. The van der Waals surface area contributed by atoms with E-state index in [2.05, 4.69) is 6.92 Å². The van der Waals surface area contributed by atoms with Crippen molar-refractivity contribution >= 4 is 5.91 Å². The van der Waals surface area contributed by atoms with Gasteiger partial charge in [-0.05, 0) is 37.8 Å². The minimum atomic E-state index is 0.0775. The Morgan fingerprint density at radius 1 is 1.20 bits per heavy atom. The maximum absolute atomic E-state index is 12.7. The standard InChI is InChI=1S/C16H23NO3/c1-4-13-7-5-6-8-17(13)16(18)12-9-14(19-2)11-15(10-12)20-3/h9-11,13H,4-8H2,1-3H3. The summed E-state index contributed by atoms with van der Waals surface area (Å²) in [6, 6.07) is 5.70. The van der Waals surface area contributed by atoms with Gasteiger partial charge in [-0.3, -0.25) is 4.79 Å². The van der Waals surface area contributed by atoms with Gasteiger partial charge in [-0.25, -0.2) is 0 Å². The van der Waals surface area contributed by atoms with Gasteiger partial charge in [-0.15, -0.1) is 0 Å². The number of piperidine rings is 1. The van der Waals surface area contributed by atoms with E-state index in [1.54, 1.807) is 32.4 Å². The van der Waals surface area contributed by atoms with Gasteiger partial charge in [0, 0.05) is 24.2 Å². The molecule has 0 radical (unpaired) electrons. The number of ether oxygens (including phenoxy) is 2. The van der Waals surface area contributed by atoms with Crippen LogP contribution in [-0.4, -0.2) is 37.6 Å². The van der Waals surface area contributed by atoms with Crippen molar-refractivity contribution in [1.82, 2.24) is 4.90 Å². The predicted octanol–water partition coefficient (Wildman–Crippen LogP) is 3.11. The third kappa shape index (κ3) is 3.06. The summed E-state index contributed by atoms with van der Waals surface area (Å²) < 4.78 is 10.5. The van der Waals surface area contributed by atoms with Crippen LogP contribution in [0.3, 0.4) is 0 Å². The quantitative estimate of drug-likeness (QED) is 0.849. The summed E-state index contributed by atoms with van der Waals surface area (Å²) in [5.74, 6) is 1.38. The highest BCUT2D eigenvalue weighted by molar-refractivity contribution is 5.95. The molecule has 4 heteroatoms. The molecule has 20 heavy (non-hydrogen) atoms. The molecule has 1 heterocycles. The molecule has 2 rings (SSSR count). The highest BCUT2D eigenvalue weighted by Crippen LogP contribution is 2.26. The number of rotatable bonds is 4. The number of likely N-dealkylation sites (tertiary alicyclic amines) is 1. The fourth-order valence-electron chi connectivity index (χ4n) is 2.79. The summed E-state index contributed by atoms with van der Waals surface area (Å²) in [6.07, 6.45) is 4.41. The number of benzene rings is 1. The number of carbonyl (C=O) groups is 1. The van der Waals surface area contributed by atoms with Gasteiger partial charge < -0.3 is 14.4 Å².